The first kappa shape index (κ1) is 15.5. The van der Waals surface area contributed by atoms with Crippen molar-refractivity contribution < 1.29 is 4.79 Å². The molecule has 1 N–H and O–H groups in total. The lowest BCUT2D eigenvalue weighted by atomic mass is 10.4. The van der Waals surface area contributed by atoms with Gasteiger partial charge >= 0.3 is 0 Å². The number of thiophene rings is 1. The third kappa shape index (κ3) is 3.01. The van der Waals surface area contributed by atoms with Gasteiger partial charge in [0, 0.05) is 23.2 Å². The molecule has 0 saturated heterocycles. The van der Waals surface area contributed by atoms with Crippen LogP contribution in [0.15, 0.2) is 17.4 Å². The number of amides is 1. The minimum absolute atomic E-state index is 0.0333. The van der Waals surface area contributed by atoms with E-state index in [1.54, 1.807) is 17.7 Å². The monoisotopic (exact) mass is 360 g/mol. The fraction of sp³-hybridized carbons (Fsp3) is 0.400. The molecule has 4 heterocycles. The van der Waals surface area contributed by atoms with Gasteiger partial charge in [-0.05, 0) is 19.4 Å². The molecule has 9 heteroatoms. The van der Waals surface area contributed by atoms with Gasteiger partial charge < -0.3 is 9.88 Å². The average Bonchev–Trinajstić information content (AvgIpc) is 3.25. The van der Waals surface area contributed by atoms with Crippen LogP contribution in [0.3, 0.4) is 0 Å². The lowest BCUT2D eigenvalue weighted by Crippen LogP contribution is -2.26. The Morgan fingerprint density at radius 3 is 3.25 bits per heavy atom. The molecule has 124 valence electrons. The number of hydrogen-bond acceptors (Lipinski definition) is 7. The van der Waals surface area contributed by atoms with Crippen LogP contribution < -0.4 is 5.32 Å². The van der Waals surface area contributed by atoms with Crippen molar-refractivity contribution >= 4 is 39.2 Å². The molecular weight excluding hydrogens is 344 g/mol. The first-order valence-corrected chi connectivity index (χ1v) is 9.52. The summed E-state index contributed by atoms with van der Waals surface area (Å²) in [5.41, 5.74) is 0. The summed E-state index contributed by atoms with van der Waals surface area (Å²) < 4.78 is 2.09. The Labute approximate surface area is 146 Å². The predicted molar refractivity (Wildman–Crippen MR) is 93.1 cm³/mol. The molecule has 0 spiro atoms. The molecule has 3 aromatic rings. The highest BCUT2D eigenvalue weighted by molar-refractivity contribution is 8.00. The second kappa shape index (κ2) is 6.48. The Bertz CT molecular complexity index is 903. The van der Waals surface area contributed by atoms with Crippen LogP contribution in [0.25, 0.3) is 10.2 Å². The van der Waals surface area contributed by atoms with Crippen molar-refractivity contribution in [2.45, 2.75) is 37.9 Å². The number of carbonyl (C=O) groups is 1. The Kier molecular flexibility index (Phi) is 4.19. The molecule has 0 radical (unpaired) electrons. The number of nitrogens with zero attached hydrogens (tertiary/aromatic N) is 5. The van der Waals surface area contributed by atoms with E-state index >= 15 is 0 Å². The number of rotatable bonds is 5. The molecule has 1 aliphatic rings. The molecule has 4 rings (SSSR count). The maximum Gasteiger partial charge on any atom is 0.230 e. The number of hydrogen-bond donors (Lipinski definition) is 1. The Balaban J connectivity index is 1.36. The zero-order valence-corrected chi connectivity index (χ0v) is 14.8. The van der Waals surface area contributed by atoms with E-state index in [0.717, 1.165) is 46.3 Å². The highest BCUT2D eigenvalue weighted by Gasteiger charge is 2.17. The van der Waals surface area contributed by atoms with E-state index in [9.17, 15) is 4.79 Å². The van der Waals surface area contributed by atoms with E-state index < -0.39 is 0 Å². The van der Waals surface area contributed by atoms with Gasteiger partial charge in [-0.3, -0.25) is 4.79 Å². The van der Waals surface area contributed by atoms with Crippen molar-refractivity contribution in [2.24, 2.45) is 0 Å². The maximum absolute atomic E-state index is 12.1. The van der Waals surface area contributed by atoms with Crippen molar-refractivity contribution in [1.29, 1.82) is 0 Å². The van der Waals surface area contributed by atoms with Gasteiger partial charge in [0.15, 0.2) is 5.82 Å². The molecule has 0 unspecified atom stereocenters. The van der Waals surface area contributed by atoms with Gasteiger partial charge in [0.25, 0.3) is 0 Å². The van der Waals surface area contributed by atoms with E-state index in [1.807, 2.05) is 6.92 Å². The van der Waals surface area contributed by atoms with Crippen LogP contribution in [0, 0.1) is 6.92 Å². The maximum atomic E-state index is 12.1. The molecular formula is C15H16N6OS2. The highest BCUT2D eigenvalue weighted by atomic mass is 32.2. The summed E-state index contributed by atoms with van der Waals surface area (Å²) in [7, 11) is 0. The van der Waals surface area contributed by atoms with E-state index in [1.165, 1.54) is 16.6 Å². The smallest absolute Gasteiger partial charge is 0.230 e. The number of aryl methyl sites for hydroxylation is 2. The summed E-state index contributed by atoms with van der Waals surface area (Å²) in [5, 5.41) is 13.1. The van der Waals surface area contributed by atoms with Crippen LogP contribution in [0.1, 0.15) is 22.9 Å². The molecule has 0 aromatic carbocycles. The van der Waals surface area contributed by atoms with E-state index in [2.05, 4.69) is 36.1 Å². The summed E-state index contributed by atoms with van der Waals surface area (Å²) in [6.45, 7) is 3.41. The van der Waals surface area contributed by atoms with Crippen LogP contribution in [-0.2, 0) is 24.3 Å². The molecule has 1 aliphatic heterocycles. The molecule has 24 heavy (non-hydrogen) atoms. The van der Waals surface area contributed by atoms with Crippen LogP contribution in [0.5, 0.6) is 0 Å². The summed E-state index contributed by atoms with van der Waals surface area (Å²) in [5.74, 6) is 2.14. The summed E-state index contributed by atoms with van der Waals surface area (Å²) in [6, 6.07) is 2.07. The fourth-order valence-corrected chi connectivity index (χ4v) is 4.49. The van der Waals surface area contributed by atoms with Crippen LogP contribution >= 0.6 is 23.1 Å². The largest absolute Gasteiger partial charge is 0.348 e. The summed E-state index contributed by atoms with van der Waals surface area (Å²) >= 11 is 3.07. The summed E-state index contributed by atoms with van der Waals surface area (Å²) in [6.07, 6.45) is 3.63. The highest BCUT2D eigenvalue weighted by Crippen LogP contribution is 2.30. The number of carbonyl (C=O) groups excluding carboxylic acids is 1. The zero-order valence-electron chi connectivity index (χ0n) is 13.2. The number of aromatic nitrogens is 5. The Hall–Kier alpha value is -2.00. The van der Waals surface area contributed by atoms with Gasteiger partial charge in [0.2, 0.25) is 5.91 Å². The number of nitrogens with one attached hydrogen (secondary N) is 1. The van der Waals surface area contributed by atoms with E-state index in [-0.39, 0.29) is 5.91 Å². The Morgan fingerprint density at radius 2 is 2.33 bits per heavy atom. The van der Waals surface area contributed by atoms with Crippen molar-refractivity contribution in [1.82, 2.24) is 30.0 Å². The Morgan fingerprint density at radius 1 is 1.42 bits per heavy atom. The van der Waals surface area contributed by atoms with Crippen molar-refractivity contribution in [3.63, 3.8) is 0 Å². The molecule has 7 nitrogen and oxygen atoms in total. The lowest BCUT2D eigenvalue weighted by Gasteiger charge is -2.06. The van der Waals surface area contributed by atoms with Gasteiger partial charge in [-0.25, -0.2) is 9.97 Å². The second-order valence-electron chi connectivity index (χ2n) is 5.61. The summed E-state index contributed by atoms with van der Waals surface area (Å²) in [4.78, 5) is 22.8. The van der Waals surface area contributed by atoms with Gasteiger partial charge in [0.1, 0.15) is 22.0 Å². The normalized spacial score (nSPS) is 13.4. The van der Waals surface area contributed by atoms with Crippen LogP contribution in [0.4, 0.5) is 0 Å². The fourth-order valence-electron chi connectivity index (χ4n) is 2.77. The molecule has 0 aliphatic carbocycles. The lowest BCUT2D eigenvalue weighted by molar-refractivity contribution is -0.118. The van der Waals surface area contributed by atoms with Crippen molar-refractivity contribution in [2.75, 3.05) is 5.75 Å². The van der Waals surface area contributed by atoms with Crippen molar-refractivity contribution in [3.05, 3.63) is 28.9 Å². The van der Waals surface area contributed by atoms with Crippen LogP contribution in [0.2, 0.25) is 0 Å². The molecule has 0 saturated carbocycles. The van der Waals surface area contributed by atoms with Gasteiger partial charge in [-0.2, -0.15) is 0 Å². The van der Waals surface area contributed by atoms with Crippen molar-refractivity contribution in [3.8, 4) is 0 Å². The second-order valence-corrected chi connectivity index (χ2v) is 7.81. The first-order chi connectivity index (χ1) is 11.7. The van der Waals surface area contributed by atoms with Gasteiger partial charge in [-0.1, -0.05) is 11.8 Å². The first-order valence-electron chi connectivity index (χ1n) is 7.72. The van der Waals surface area contributed by atoms with E-state index in [4.69, 9.17) is 0 Å². The molecule has 1 amide bonds. The predicted octanol–water partition coefficient (Wildman–Crippen LogP) is 1.95. The zero-order chi connectivity index (χ0) is 16.5. The minimum atomic E-state index is -0.0333. The third-order valence-electron chi connectivity index (χ3n) is 3.89. The number of fused-ring (bicyclic) bond motifs is 2. The number of thioether (sulfide) groups is 1. The average molecular weight is 360 g/mol. The quantitative estimate of drug-likeness (QED) is 0.553. The topological polar surface area (TPSA) is 85.6 Å². The van der Waals surface area contributed by atoms with Gasteiger partial charge in [-0.15, -0.1) is 21.5 Å². The molecule has 0 fully saturated rings. The molecule has 0 bridgehead atoms. The third-order valence-corrected chi connectivity index (χ3v) is 5.85. The molecule has 3 aromatic heterocycles. The minimum Gasteiger partial charge on any atom is -0.348 e. The van der Waals surface area contributed by atoms with Gasteiger partial charge in [0.05, 0.1) is 12.3 Å². The van der Waals surface area contributed by atoms with E-state index in [0.29, 0.717) is 12.3 Å². The SMILES string of the molecule is Cc1cc2c(SCC(=O)NCc3nnc4n3CCC4)ncnc2s1. The molecule has 0 atom stereocenters. The van der Waals surface area contributed by atoms with Crippen LogP contribution in [-0.4, -0.2) is 36.4 Å². The standard InChI is InChI=1S/C15H16N6OS2/c1-9-5-10-14(17-8-18-15(10)24-9)23-7-13(22)16-6-12-20-19-11-3-2-4-21(11)12/h5,8H,2-4,6-7H2,1H3,(H,16,22).